The third-order valence-electron chi connectivity index (χ3n) is 4.18. The number of amides is 2. The molecule has 0 radical (unpaired) electrons. The predicted molar refractivity (Wildman–Crippen MR) is 102 cm³/mol. The molecule has 1 aliphatic heterocycles. The van der Waals surface area contributed by atoms with Crippen LogP contribution in [-0.4, -0.2) is 36.5 Å². The molecule has 2 aromatic rings. The van der Waals surface area contributed by atoms with E-state index in [-0.39, 0.29) is 30.1 Å². The van der Waals surface area contributed by atoms with Crippen LogP contribution >= 0.6 is 23.2 Å². The Labute approximate surface area is 166 Å². The van der Waals surface area contributed by atoms with Gasteiger partial charge in [0, 0.05) is 23.7 Å². The minimum Gasteiger partial charge on any atom is -0.484 e. The van der Waals surface area contributed by atoms with Crippen molar-refractivity contribution in [3.63, 3.8) is 0 Å². The van der Waals surface area contributed by atoms with Crippen LogP contribution in [0.2, 0.25) is 10.0 Å². The molecule has 0 aliphatic carbocycles. The molecule has 3 rings (SSSR count). The lowest BCUT2D eigenvalue weighted by molar-refractivity contribution is -0.128. The molecular formula is C19H17Cl2FN2O3. The maximum Gasteiger partial charge on any atom is 0.266 e. The number of hydrogen-bond donors (Lipinski definition) is 0. The molecule has 0 aromatic heterocycles. The number of ether oxygens (including phenoxy) is 1. The molecule has 1 heterocycles. The van der Waals surface area contributed by atoms with E-state index in [1.165, 1.54) is 23.1 Å². The van der Waals surface area contributed by atoms with Gasteiger partial charge in [-0.3, -0.25) is 14.5 Å². The monoisotopic (exact) mass is 410 g/mol. The number of benzene rings is 2. The maximum atomic E-state index is 13.5. The van der Waals surface area contributed by atoms with Gasteiger partial charge in [-0.1, -0.05) is 23.2 Å². The zero-order chi connectivity index (χ0) is 19.4. The van der Waals surface area contributed by atoms with Crippen molar-refractivity contribution in [2.75, 3.05) is 24.7 Å². The third-order valence-corrected chi connectivity index (χ3v) is 4.72. The number of hydrogen-bond acceptors (Lipinski definition) is 3. The highest BCUT2D eigenvalue weighted by molar-refractivity contribution is 6.31. The van der Waals surface area contributed by atoms with Crippen molar-refractivity contribution in [3.05, 3.63) is 58.3 Å². The molecule has 0 spiro atoms. The lowest BCUT2D eigenvalue weighted by atomic mass is 10.2. The highest BCUT2D eigenvalue weighted by Gasteiger charge is 2.26. The summed E-state index contributed by atoms with van der Waals surface area (Å²) in [7, 11) is 0. The normalized spacial score (nSPS) is 13.7. The summed E-state index contributed by atoms with van der Waals surface area (Å²) >= 11 is 11.7. The van der Waals surface area contributed by atoms with Crippen LogP contribution in [0.3, 0.4) is 0 Å². The quantitative estimate of drug-likeness (QED) is 0.719. The summed E-state index contributed by atoms with van der Waals surface area (Å²) in [6.45, 7) is 0.373. The molecule has 0 bridgehead atoms. The standard InChI is InChI=1S/C19H17Cl2FN2O3/c20-13-3-6-15(7-4-13)27-11-19(26)24(12-23-9-1-2-18(23)25)14-5-8-17(22)16(21)10-14/h3-8,10H,1-2,9,11-12H2. The first-order valence-electron chi connectivity index (χ1n) is 8.35. The molecule has 1 fully saturated rings. The first-order chi connectivity index (χ1) is 12.9. The second-order valence-corrected chi connectivity index (χ2v) is 6.91. The number of nitrogens with zero attached hydrogens (tertiary/aromatic N) is 2. The molecular weight excluding hydrogens is 394 g/mol. The first kappa shape index (κ1) is 19.5. The van der Waals surface area contributed by atoms with Crippen molar-refractivity contribution < 1.29 is 18.7 Å². The number of anilines is 1. The summed E-state index contributed by atoms with van der Waals surface area (Å²) in [5.41, 5.74) is 0.394. The van der Waals surface area contributed by atoms with Gasteiger partial charge in [0.2, 0.25) is 5.91 Å². The van der Waals surface area contributed by atoms with Gasteiger partial charge in [0.15, 0.2) is 6.61 Å². The zero-order valence-electron chi connectivity index (χ0n) is 14.3. The van der Waals surface area contributed by atoms with Gasteiger partial charge in [0.25, 0.3) is 5.91 Å². The number of likely N-dealkylation sites (tertiary alicyclic amines) is 1. The minimum absolute atomic E-state index is 0.0281. The van der Waals surface area contributed by atoms with Crippen molar-refractivity contribution in [2.24, 2.45) is 0 Å². The van der Waals surface area contributed by atoms with E-state index in [1.54, 1.807) is 29.2 Å². The smallest absolute Gasteiger partial charge is 0.266 e. The average molecular weight is 411 g/mol. The van der Waals surface area contributed by atoms with E-state index in [0.717, 1.165) is 6.42 Å². The molecule has 8 heteroatoms. The highest BCUT2D eigenvalue weighted by atomic mass is 35.5. The Morgan fingerprint density at radius 2 is 1.93 bits per heavy atom. The van der Waals surface area contributed by atoms with E-state index >= 15 is 0 Å². The van der Waals surface area contributed by atoms with Gasteiger partial charge in [0.1, 0.15) is 18.2 Å². The van der Waals surface area contributed by atoms with Crippen molar-refractivity contribution >= 4 is 40.7 Å². The molecule has 5 nitrogen and oxygen atoms in total. The van der Waals surface area contributed by atoms with Gasteiger partial charge in [-0.25, -0.2) is 4.39 Å². The van der Waals surface area contributed by atoms with E-state index in [0.29, 0.717) is 29.4 Å². The largest absolute Gasteiger partial charge is 0.484 e. The van der Waals surface area contributed by atoms with Crippen LogP contribution in [0, 0.1) is 5.82 Å². The fraction of sp³-hybridized carbons (Fsp3) is 0.263. The lowest BCUT2D eigenvalue weighted by Gasteiger charge is -2.28. The van der Waals surface area contributed by atoms with Gasteiger partial charge < -0.3 is 9.64 Å². The predicted octanol–water partition coefficient (Wildman–Crippen LogP) is 4.12. The molecule has 1 saturated heterocycles. The summed E-state index contributed by atoms with van der Waals surface area (Å²) in [6.07, 6.45) is 1.19. The maximum absolute atomic E-state index is 13.5. The van der Waals surface area contributed by atoms with Crippen molar-refractivity contribution in [1.82, 2.24) is 4.90 Å². The molecule has 142 valence electrons. The summed E-state index contributed by atoms with van der Waals surface area (Å²) in [6, 6.07) is 10.6. The van der Waals surface area contributed by atoms with E-state index < -0.39 is 5.82 Å². The Morgan fingerprint density at radius 3 is 2.56 bits per heavy atom. The molecule has 0 unspecified atom stereocenters. The van der Waals surface area contributed by atoms with E-state index in [2.05, 4.69) is 0 Å². The Hall–Kier alpha value is -2.31. The second kappa shape index (κ2) is 8.59. The fourth-order valence-corrected chi connectivity index (χ4v) is 3.04. The SMILES string of the molecule is O=C1CCCN1CN(C(=O)COc1ccc(Cl)cc1)c1ccc(F)c(Cl)c1. The Kier molecular flexibility index (Phi) is 6.19. The molecule has 0 N–H and O–H groups in total. The molecule has 27 heavy (non-hydrogen) atoms. The Balaban J connectivity index is 1.77. The first-order valence-corrected chi connectivity index (χ1v) is 9.11. The van der Waals surface area contributed by atoms with Gasteiger partial charge in [-0.2, -0.15) is 0 Å². The Morgan fingerprint density at radius 1 is 1.19 bits per heavy atom. The van der Waals surface area contributed by atoms with E-state index in [1.807, 2.05) is 0 Å². The van der Waals surface area contributed by atoms with Gasteiger partial charge in [-0.05, 0) is 48.9 Å². The summed E-state index contributed by atoms with van der Waals surface area (Å²) in [5, 5.41) is 0.459. The van der Waals surface area contributed by atoms with Crippen molar-refractivity contribution in [3.8, 4) is 5.75 Å². The molecule has 2 aromatic carbocycles. The van der Waals surface area contributed by atoms with Gasteiger partial charge in [0.05, 0.1) is 5.02 Å². The van der Waals surface area contributed by atoms with E-state index in [9.17, 15) is 14.0 Å². The molecule has 0 atom stereocenters. The van der Waals surface area contributed by atoms with Crippen LogP contribution in [0.4, 0.5) is 10.1 Å². The number of carbonyl (C=O) groups excluding carboxylic acids is 2. The molecule has 0 saturated carbocycles. The average Bonchev–Trinajstić information content (AvgIpc) is 3.06. The third kappa shape index (κ3) is 4.90. The topological polar surface area (TPSA) is 49.9 Å². The number of rotatable bonds is 6. The fourth-order valence-electron chi connectivity index (χ4n) is 2.74. The Bertz CT molecular complexity index is 845. The molecule has 1 aliphatic rings. The van der Waals surface area contributed by atoms with Gasteiger partial charge >= 0.3 is 0 Å². The van der Waals surface area contributed by atoms with Crippen LogP contribution in [0.15, 0.2) is 42.5 Å². The van der Waals surface area contributed by atoms with Crippen LogP contribution in [0.1, 0.15) is 12.8 Å². The van der Waals surface area contributed by atoms with Crippen molar-refractivity contribution in [1.29, 1.82) is 0 Å². The number of carbonyl (C=O) groups is 2. The summed E-state index contributed by atoms with van der Waals surface area (Å²) < 4.78 is 19.0. The van der Waals surface area contributed by atoms with E-state index in [4.69, 9.17) is 27.9 Å². The number of halogens is 3. The lowest BCUT2D eigenvalue weighted by Crippen LogP contribution is -2.44. The highest BCUT2D eigenvalue weighted by Crippen LogP contribution is 2.24. The van der Waals surface area contributed by atoms with Crippen LogP contribution in [0.25, 0.3) is 0 Å². The molecule has 2 amide bonds. The summed E-state index contributed by atoms with van der Waals surface area (Å²) in [4.78, 5) is 27.7. The zero-order valence-corrected chi connectivity index (χ0v) is 15.8. The van der Waals surface area contributed by atoms with Crippen LogP contribution < -0.4 is 9.64 Å². The van der Waals surface area contributed by atoms with Gasteiger partial charge in [-0.15, -0.1) is 0 Å². The second-order valence-electron chi connectivity index (χ2n) is 6.06. The van der Waals surface area contributed by atoms with Crippen molar-refractivity contribution in [2.45, 2.75) is 12.8 Å². The summed E-state index contributed by atoms with van der Waals surface area (Å²) in [5.74, 6) is -0.503. The van der Waals surface area contributed by atoms with Crippen LogP contribution in [0.5, 0.6) is 5.75 Å². The van der Waals surface area contributed by atoms with Crippen LogP contribution in [-0.2, 0) is 9.59 Å². The minimum atomic E-state index is -0.581.